The molecular formula is C9H9FN2. The molecule has 0 fully saturated rings. The van der Waals surface area contributed by atoms with Gasteiger partial charge in [0.25, 0.3) is 0 Å². The highest BCUT2D eigenvalue weighted by Gasteiger charge is 2.04. The van der Waals surface area contributed by atoms with Crippen molar-refractivity contribution in [3.63, 3.8) is 0 Å². The van der Waals surface area contributed by atoms with Gasteiger partial charge in [0.1, 0.15) is 11.5 Å². The molecular weight excluding hydrogens is 155 g/mol. The first kappa shape index (κ1) is 7.28. The van der Waals surface area contributed by atoms with Crippen molar-refractivity contribution >= 4 is 5.65 Å². The summed E-state index contributed by atoms with van der Waals surface area (Å²) in [6, 6.07) is 1.45. The summed E-state index contributed by atoms with van der Waals surface area (Å²) in [5, 5.41) is 0. The molecule has 2 heterocycles. The summed E-state index contributed by atoms with van der Waals surface area (Å²) >= 11 is 0. The fraction of sp³-hybridized carbons (Fsp3) is 0.222. The molecule has 12 heavy (non-hydrogen) atoms. The standard InChI is InChI=1S/C9H9FN2/c1-6-5-12-4-3-8(10)7(2)9(12)11-6/h3-5H,1-2H3. The van der Waals surface area contributed by atoms with E-state index in [0.717, 1.165) is 5.69 Å². The number of hydrogen-bond donors (Lipinski definition) is 0. The Balaban J connectivity index is 2.89. The molecule has 0 aliphatic rings. The van der Waals surface area contributed by atoms with E-state index in [1.807, 2.05) is 17.5 Å². The molecule has 62 valence electrons. The zero-order chi connectivity index (χ0) is 8.72. The number of rotatable bonds is 0. The molecule has 0 saturated carbocycles. The van der Waals surface area contributed by atoms with Crippen LogP contribution in [0.1, 0.15) is 11.3 Å². The number of fused-ring (bicyclic) bond motifs is 1. The molecule has 0 bridgehead atoms. The highest BCUT2D eigenvalue weighted by atomic mass is 19.1. The van der Waals surface area contributed by atoms with E-state index in [9.17, 15) is 4.39 Å². The van der Waals surface area contributed by atoms with Crippen LogP contribution in [0.5, 0.6) is 0 Å². The van der Waals surface area contributed by atoms with Crippen molar-refractivity contribution in [1.29, 1.82) is 0 Å². The smallest absolute Gasteiger partial charge is 0.142 e. The van der Waals surface area contributed by atoms with E-state index in [1.54, 1.807) is 13.1 Å². The maximum absolute atomic E-state index is 13.0. The maximum Gasteiger partial charge on any atom is 0.142 e. The number of imidazole rings is 1. The van der Waals surface area contributed by atoms with Crippen LogP contribution in [-0.4, -0.2) is 9.38 Å². The molecule has 0 saturated heterocycles. The largest absolute Gasteiger partial charge is 0.306 e. The van der Waals surface area contributed by atoms with Gasteiger partial charge in [-0.15, -0.1) is 0 Å². The Morgan fingerprint density at radius 3 is 2.92 bits per heavy atom. The third-order valence-electron chi connectivity index (χ3n) is 1.93. The minimum absolute atomic E-state index is 0.201. The average Bonchev–Trinajstić information content (AvgIpc) is 2.39. The van der Waals surface area contributed by atoms with Crippen molar-refractivity contribution in [2.75, 3.05) is 0 Å². The molecule has 2 aromatic rings. The molecule has 2 nitrogen and oxygen atoms in total. The van der Waals surface area contributed by atoms with Crippen molar-refractivity contribution in [3.8, 4) is 0 Å². The minimum atomic E-state index is -0.201. The topological polar surface area (TPSA) is 17.3 Å². The summed E-state index contributed by atoms with van der Waals surface area (Å²) in [7, 11) is 0. The Labute approximate surface area is 69.7 Å². The minimum Gasteiger partial charge on any atom is -0.306 e. The first-order valence-electron chi connectivity index (χ1n) is 3.79. The van der Waals surface area contributed by atoms with E-state index < -0.39 is 0 Å². The molecule has 2 rings (SSSR count). The summed E-state index contributed by atoms with van der Waals surface area (Å²) in [6.45, 7) is 3.63. The predicted octanol–water partition coefficient (Wildman–Crippen LogP) is 2.09. The number of hydrogen-bond acceptors (Lipinski definition) is 1. The van der Waals surface area contributed by atoms with Gasteiger partial charge >= 0.3 is 0 Å². The van der Waals surface area contributed by atoms with Gasteiger partial charge in [0, 0.05) is 18.0 Å². The average molecular weight is 164 g/mol. The summed E-state index contributed by atoms with van der Waals surface area (Å²) < 4.78 is 14.8. The Hall–Kier alpha value is -1.38. The lowest BCUT2D eigenvalue weighted by molar-refractivity contribution is 0.617. The van der Waals surface area contributed by atoms with Gasteiger partial charge < -0.3 is 4.40 Å². The first-order valence-corrected chi connectivity index (χ1v) is 3.79. The Bertz CT molecular complexity index is 431. The van der Waals surface area contributed by atoms with Crippen LogP contribution >= 0.6 is 0 Å². The molecule has 0 N–H and O–H groups in total. The van der Waals surface area contributed by atoms with E-state index in [4.69, 9.17) is 0 Å². The Morgan fingerprint density at radius 2 is 2.17 bits per heavy atom. The second-order valence-corrected chi connectivity index (χ2v) is 2.90. The van der Waals surface area contributed by atoms with Crippen LogP contribution in [0.3, 0.4) is 0 Å². The zero-order valence-corrected chi connectivity index (χ0v) is 7.00. The second-order valence-electron chi connectivity index (χ2n) is 2.90. The molecule has 0 unspecified atom stereocenters. The Morgan fingerprint density at radius 1 is 1.42 bits per heavy atom. The number of nitrogens with zero attached hydrogens (tertiary/aromatic N) is 2. The molecule has 0 amide bonds. The number of halogens is 1. The Kier molecular flexibility index (Phi) is 1.40. The van der Waals surface area contributed by atoms with Crippen LogP contribution in [0.25, 0.3) is 5.65 Å². The molecule has 0 aliphatic carbocycles. The molecule has 2 aromatic heterocycles. The fourth-order valence-electron chi connectivity index (χ4n) is 1.28. The predicted molar refractivity (Wildman–Crippen MR) is 44.6 cm³/mol. The summed E-state index contributed by atoms with van der Waals surface area (Å²) in [5.74, 6) is -0.201. The van der Waals surface area contributed by atoms with Crippen LogP contribution in [0.2, 0.25) is 0 Å². The quantitative estimate of drug-likeness (QED) is 0.582. The van der Waals surface area contributed by atoms with Crippen LogP contribution in [-0.2, 0) is 0 Å². The van der Waals surface area contributed by atoms with Gasteiger partial charge in [0.2, 0.25) is 0 Å². The number of pyridine rings is 1. The van der Waals surface area contributed by atoms with Crippen LogP contribution in [0, 0.1) is 19.7 Å². The molecule has 3 heteroatoms. The lowest BCUT2D eigenvalue weighted by Crippen LogP contribution is -1.89. The molecule has 0 radical (unpaired) electrons. The number of aryl methyl sites for hydroxylation is 2. The highest BCUT2D eigenvalue weighted by Crippen LogP contribution is 2.12. The fourth-order valence-corrected chi connectivity index (χ4v) is 1.28. The normalized spacial score (nSPS) is 10.9. The van der Waals surface area contributed by atoms with Gasteiger partial charge in [-0.1, -0.05) is 0 Å². The second kappa shape index (κ2) is 2.30. The number of aromatic nitrogens is 2. The van der Waals surface area contributed by atoms with Gasteiger partial charge in [0.05, 0.1) is 5.69 Å². The monoisotopic (exact) mass is 164 g/mol. The van der Waals surface area contributed by atoms with Crippen molar-refractivity contribution in [1.82, 2.24) is 9.38 Å². The van der Waals surface area contributed by atoms with Crippen molar-refractivity contribution < 1.29 is 4.39 Å². The van der Waals surface area contributed by atoms with E-state index in [1.165, 1.54) is 6.07 Å². The highest BCUT2D eigenvalue weighted by molar-refractivity contribution is 5.48. The molecule has 0 atom stereocenters. The van der Waals surface area contributed by atoms with E-state index in [2.05, 4.69) is 4.98 Å². The SMILES string of the molecule is Cc1cn2ccc(F)c(C)c2n1. The summed E-state index contributed by atoms with van der Waals surface area (Å²) in [6.07, 6.45) is 3.56. The van der Waals surface area contributed by atoms with Crippen LogP contribution in [0.4, 0.5) is 4.39 Å². The third kappa shape index (κ3) is 0.897. The lowest BCUT2D eigenvalue weighted by Gasteiger charge is -1.97. The molecule has 0 aromatic carbocycles. The van der Waals surface area contributed by atoms with E-state index in [0.29, 0.717) is 11.2 Å². The van der Waals surface area contributed by atoms with Gasteiger partial charge in [-0.2, -0.15) is 0 Å². The lowest BCUT2D eigenvalue weighted by atomic mass is 10.3. The van der Waals surface area contributed by atoms with E-state index in [-0.39, 0.29) is 5.82 Å². The van der Waals surface area contributed by atoms with Gasteiger partial charge in [-0.3, -0.25) is 0 Å². The van der Waals surface area contributed by atoms with Crippen molar-refractivity contribution in [2.45, 2.75) is 13.8 Å². The van der Waals surface area contributed by atoms with Gasteiger partial charge in [0.15, 0.2) is 0 Å². The van der Waals surface area contributed by atoms with Crippen molar-refractivity contribution in [3.05, 3.63) is 35.5 Å². The summed E-state index contributed by atoms with van der Waals surface area (Å²) in [4.78, 5) is 4.20. The van der Waals surface area contributed by atoms with E-state index >= 15 is 0 Å². The van der Waals surface area contributed by atoms with Crippen LogP contribution < -0.4 is 0 Å². The molecule has 0 aliphatic heterocycles. The third-order valence-corrected chi connectivity index (χ3v) is 1.93. The van der Waals surface area contributed by atoms with Gasteiger partial charge in [-0.05, 0) is 19.9 Å². The molecule has 0 spiro atoms. The zero-order valence-electron chi connectivity index (χ0n) is 7.00. The summed E-state index contributed by atoms with van der Waals surface area (Å²) in [5.41, 5.74) is 2.21. The van der Waals surface area contributed by atoms with Crippen LogP contribution in [0.15, 0.2) is 18.5 Å². The maximum atomic E-state index is 13.0. The first-order chi connectivity index (χ1) is 5.68. The van der Waals surface area contributed by atoms with Crippen molar-refractivity contribution in [2.24, 2.45) is 0 Å². The van der Waals surface area contributed by atoms with Gasteiger partial charge in [-0.25, -0.2) is 9.37 Å².